The molecule has 1 N–H and O–H groups in total. The molecule has 6 heteroatoms. The van der Waals surface area contributed by atoms with Crippen LogP contribution in [0.15, 0.2) is 18.3 Å². The molecule has 2 aliphatic rings. The largest absolute Gasteiger partial charge is 0.481 e. The molecule has 3 rings (SSSR count). The Balaban J connectivity index is 1.64. The molecule has 0 radical (unpaired) electrons. The van der Waals surface area contributed by atoms with Gasteiger partial charge in [-0.3, -0.25) is 0 Å². The SMILES string of the molecule is COc1ncccc1CN[C@@H]1CCC[C@@H]1[C@@H]1CCCN1C(=O)OC(C)(C)C. The van der Waals surface area contributed by atoms with E-state index in [4.69, 9.17) is 9.47 Å². The number of carbonyl (C=O) groups excluding carboxylic acids is 1. The average molecular weight is 376 g/mol. The van der Waals surface area contributed by atoms with E-state index in [2.05, 4.69) is 10.3 Å². The Morgan fingerprint density at radius 1 is 1.30 bits per heavy atom. The molecule has 1 aromatic rings. The average Bonchev–Trinajstić information content (AvgIpc) is 3.27. The lowest BCUT2D eigenvalue weighted by molar-refractivity contribution is 0.0166. The Morgan fingerprint density at radius 2 is 2.11 bits per heavy atom. The van der Waals surface area contributed by atoms with Gasteiger partial charge in [-0.1, -0.05) is 12.5 Å². The van der Waals surface area contributed by atoms with Crippen molar-refractivity contribution in [3.05, 3.63) is 23.9 Å². The summed E-state index contributed by atoms with van der Waals surface area (Å²) in [5.41, 5.74) is 0.620. The summed E-state index contributed by atoms with van der Waals surface area (Å²) in [6.07, 6.45) is 7.22. The highest BCUT2D eigenvalue weighted by Gasteiger charge is 2.41. The summed E-state index contributed by atoms with van der Waals surface area (Å²) < 4.78 is 11.0. The highest BCUT2D eigenvalue weighted by Crippen LogP contribution is 2.36. The second kappa shape index (κ2) is 8.46. The molecular weight excluding hydrogens is 342 g/mol. The highest BCUT2D eigenvalue weighted by molar-refractivity contribution is 5.69. The molecule has 1 aliphatic heterocycles. The number of hydrogen-bond acceptors (Lipinski definition) is 5. The molecule has 2 heterocycles. The van der Waals surface area contributed by atoms with E-state index >= 15 is 0 Å². The molecule has 1 saturated carbocycles. The van der Waals surface area contributed by atoms with Gasteiger partial charge >= 0.3 is 6.09 Å². The van der Waals surface area contributed by atoms with E-state index in [0.717, 1.165) is 44.3 Å². The fraction of sp³-hybridized carbons (Fsp3) is 0.714. The predicted molar refractivity (Wildman–Crippen MR) is 105 cm³/mol. The van der Waals surface area contributed by atoms with E-state index < -0.39 is 5.60 Å². The van der Waals surface area contributed by atoms with Crippen molar-refractivity contribution in [3.8, 4) is 5.88 Å². The highest BCUT2D eigenvalue weighted by atomic mass is 16.6. The van der Waals surface area contributed by atoms with Gasteiger partial charge in [0.25, 0.3) is 0 Å². The third kappa shape index (κ3) is 4.92. The molecule has 1 aliphatic carbocycles. The summed E-state index contributed by atoms with van der Waals surface area (Å²) in [4.78, 5) is 18.9. The van der Waals surface area contributed by atoms with Crippen molar-refractivity contribution >= 4 is 6.09 Å². The maximum atomic E-state index is 12.7. The Hall–Kier alpha value is -1.82. The van der Waals surface area contributed by atoms with Crippen LogP contribution in [-0.2, 0) is 11.3 Å². The third-order valence-corrected chi connectivity index (χ3v) is 5.59. The van der Waals surface area contributed by atoms with Gasteiger partial charge in [0.15, 0.2) is 0 Å². The van der Waals surface area contributed by atoms with Crippen molar-refractivity contribution in [2.75, 3.05) is 13.7 Å². The van der Waals surface area contributed by atoms with E-state index in [0.29, 0.717) is 17.8 Å². The first-order valence-corrected chi connectivity index (χ1v) is 10.1. The zero-order valence-corrected chi connectivity index (χ0v) is 17.0. The van der Waals surface area contributed by atoms with E-state index in [1.165, 1.54) is 6.42 Å². The summed E-state index contributed by atoms with van der Waals surface area (Å²) in [5.74, 6) is 1.15. The summed E-state index contributed by atoms with van der Waals surface area (Å²) in [5, 5.41) is 3.71. The van der Waals surface area contributed by atoms with Gasteiger partial charge in [-0.05, 0) is 58.4 Å². The fourth-order valence-electron chi connectivity index (χ4n) is 4.47. The van der Waals surface area contributed by atoms with Gasteiger partial charge in [-0.2, -0.15) is 0 Å². The molecule has 1 aromatic heterocycles. The summed E-state index contributed by atoms with van der Waals surface area (Å²) in [7, 11) is 1.65. The number of aromatic nitrogens is 1. The zero-order valence-electron chi connectivity index (χ0n) is 17.0. The van der Waals surface area contributed by atoms with Crippen LogP contribution in [0.4, 0.5) is 4.79 Å². The quantitative estimate of drug-likeness (QED) is 0.849. The summed E-state index contributed by atoms with van der Waals surface area (Å²) >= 11 is 0. The molecular formula is C21H33N3O3. The van der Waals surface area contributed by atoms with Crippen LogP contribution in [0.5, 0.6) is 5.88 Å². The minimum absolute atomic E-state index is 0.162. The molecule has 1 amide bonds. The van der Waals surface area contributed by atoms with Crippen molar-refractivity contribution in [2.24, 2.45) is 5.92 Å². The maximum absolute atomic E-state index is 12.7. The van der Waals surface area contributed by atoms with E-state index in [1.54, 1.807) is 13.3 Å². The third-order valence-electron chi connectivity index (χ3n) is 5.59. The van der Waals surface area contributed by atoms with Crippen molar-refractivity contribution in [1.82, 2.24) is 15.2 Å². The smallest absolute Gasteiger partial charge is 0.410 e. The Labute approximate surface area is 162 Å². The number of methoxy groups -OCH3 is 1. The van der Waals surface area contributed by atoms with E-state index in [9.17, 15) is 4.79 Å². The molecule has 1 saturated heterocycles. The molecule has 3 atom stereocenters. The number of amides is 1. The van der Waals surface area contributed by atoms with Crippen LogP contribution in [0.1, 0.15) is 58.4 Å². The number of nitrogens with zero attached hydrogens (tertiary/aromatic N) is 2. The molecule has 2 fully saturated rings. The number of ether oxygens (including phenoxy) is 2. The number of likely N-dealkylation sites (tertiary alicyclic amines) is 1. The first-order chi connectivity index (χ1) is 12.9. The van der Waals surface area contributed by atoms with E-state index in [-0.39, 0.29) is 12.1 Å². The maximum Gasteiger partial charge on any atom is 0.410 e. The van der Waals surface area contributed by atoms with E-state index in [1.807, 2.05) is 37.8 Å². The van der Waals surface area contributed by atoms with Crippen LogP contribution >= 0.6 is 0 Å². The minimum atomic E-state index is -0.450. The lowest BCUT2D eigenvalue weighted by atomic mass is 9.92. The fourth-order valence-corrected chi connectivity index (χ4v) is 4.47. The number of pyridine rings is 1. The normalized spacial score (nSPS) is 25.6. The Morgan fingerprint density at radius 3 is 2.85 bits per heavy atom. The van der Waals surface area contributed by atoms with Crippen LogP contribution in [0.3, 0.4) is 0 Å². The molecule has 0 aromatic carbocycles. The molecule has 0 bridgehead atoms. The predicted octanol–water partition coefficient (Wildman–Crippen LogP) is 3.75. The summed E-state index contributed by atoms with van der Waals surface area (Å²) in [6, 6.07) is 4.66. The molecule has 6 nitrogen and oxygen atoms in total. The number of carbonyl (C=O) groups is 1. The monoisotopic (exact) mass is 375 g/mol. The molecule has 27 heavy (non-hydrogen) atoms. The number of nitrogens with one attached hydrogen (secondary N) is 1. The topological polar surface area (TPSA) is 63.7 Å². The van der Waals surface area contributed by atoms with Gasteiger partial charge in [-0.25, -0.2) is 9.78 Å². The van der Waals surface area contributed by atoms with Crippen molar-refractivity contribution in [3.63, 3.8) is 0 Å². The second-order valence-electron chi connectivity index (χ2n) is 8.64. The Bertz CT molecular complexity index is 644. The Kier molecular flexibility index (Phi) is 6.25. The van der Waals surface area contributed by atoms with Crippen LogP contribution in [-0.4, -0.2) is 47.3 Å². The lowest BCUT2D eigenvalue weighted by Crippen LogP contribution is -2.47. The van der Waals surface area contributed by atoms with Crippen molar-refractivity contribution in [1.29, 1.82) is 0 Å². The number of hydrogen-bond donors (Lipinski definition) is 1. The van der Waals surface area contributed by atoms with Gasteiger partial charge in [0.2, 0.25) is 5.88 Å². The van der Waals surface area contributed by atoms with Gasteiger partial charge in [0, 0.05) is 36.9 Å². The van der Waals surface area contributed by atoms with Gasteiger partial charge in [0.1, 0.15) is 5.60 Å². The minimum Gasteiger partial charge on any atom is -0.481 e. The van der Waals surface area contributed by atoms with Crippen LogP contribution in [0, 0.1) is 5.92 Å². The van der Waals surface area contributed by atoms with Gasteiger partial charge in [-0.15, -0.1) is 0 Å². The lowest BCUT2D eigenvalue weighted by Gasteiger charge is -2.34. The number of rotatable bonds is 5. The van der Waals surface area contributed by atoms with Crippen LogP contribution < -0.4 is 10.1 Å². The van der Waals surface area contributed by atoms with Crippen LogP contribution in [0.2, 0.25) is 0 Å². The molecule has 150 valence electrons. The summed E-state index contributed by atoms with van der Waals surface area (Å²) in [6.45, 7) is 7.32. The second-order valence-corrected chi connectivity index (χ2v) is 8.64. The first kappa shape index (κ1) is 19.9. The van der Waals surface area contributed by atoms with Gasteiger partial charge < -0.3 is 19.7 Å². The van der Waals surface area contributed by atoms with Crippen molar-refractivity contribution in [2.45, 2.75) is 77.1 Å². The molecule has 0 unspecified atom stereocenters. The standard InChI is InChI=1S/C21H33N3O3/c1-21(2,3)27-20(25)24-13-7-11-18(24)16-9-5-10-17(16)23-14-15-8-6-12-22-19(15)26-4/h6,8,12,16-18,23H,5,7,9-11,13-14H2,1-4H3/t16-,17+,18-/m0/s1. The van der Waals surface area contributed by atoms with Crippen molar-refractivity contribution < 1.29 is 14.3 Å². The van der Waals surface area contributed by atoms with Crippen LogP contribution in [0.25, 0.3) is 0 Å². The van der Waals surface area contributed by atoms with Gasteiger partial charge in [0.05, 0.1) is 7.11 Å². The molecule has 0 spiro atoms. The first-order valence-electron chi connectivity index (χ1n) is 10.1. The zero-order chi connectivity index (χ0) is 19.4.